The number of carbonyl (C=O) groups excluding carboxylic acids is 1. The minimum absolute atomic E-state index is 0.0687. The number of hydrogen-bond donors (Lipinski definition) is 3. The quantitative estimate of drug-likeness (QED) is 0.761. The third-order valence-electron chi connectivity index (χ3n) is 3.75. The minimum Gasteiger partial charge on any atom is -0.325 e. The molecule has 1 aromatic carbocycles. The Balaban J connectivity index is 2.15. The second-order valence-electron chi connectivity index (χ2n) is 6.90. The number of nitrogens with two attached hydrogens (primary N) is 1. The molecule has 0 aromatic heterocycles. The third kappa shape index (κ3) is 4.55. The van der Waals surface area contributed by atoms with E-state index in [4.69, 9.17) is 5.73 Å². The van der Waals surface area contributed by atoms with E-state index in [9.17, 15) is 13.2 Å². The van der Waals surface area contributed by atoms with E-state index in [1.807, 2.05) is 20.8 Å². The first-order valence-electron chi connectivity index (χ1n) is 7.82. The molecule has 7 nitrogen and oxygen atoms in total. The van der Waals surface area contributed by atoms with Crippen LogP contribution in [0, 0.1) is 5.41 Å². The lowest BCUT2D eigenvalue weighted by atomic mass is 9.87. The average Bonchev–Trinajstić information content (AvgIpc) is 2.98. The maximum absolute atomic E-state index is 12.4. The maximum atomic E-state index is 12.4. The van der Waals surface area contributed by atoms with Gasteiger partial charge in [-0.05, 0) is 30.0 Å². The number of benzene rings is 1. The van der Waals surface area contributed by atoms with Gasteiger partial charge in [0, 0.05) is 18.7 Å². The highest BCUT2D eigenvalue weighted by Gasteiger charge is 2.27. The number of hydrogen-bond acceptors (Lipinski definition) is 5. The standard InChI is InChI=1S/C16H24N4O3S/c1-16(2,3)14(17)15(21)19-11-6-4-7-12(10-11)24(22,23)20-13-8-5-9-18-13/h4,6-7,10,14H,5,8-9,17H2,1-3H3,(H,18,20)(H,19,21)/t14-/m1/s1. The van der Waals surface area contributed by atoms with Crippen LogP contribution >= 0.6 is 0 Å². The van der Waals surface area contributed by atoms with E-state index in [0.29, 0.717) is 24.5 Å². The highest BCUT2D eigenvalue weighted by Crippen LogP contribution is 2.20. The molecule has 0 saturated heterocycles. The van der Waals surface area contributed by atoms with Crippen molar-refractivity contribution in [1.29, 1.82) is 0 Å². The number of nitrogens with zero attached hydrogens (tertiary/aromatic N) is 1. The average molecular weight is 352 g/mol. The van der Waals surface area contributed by atoms with Gasteiger partial charge in [-0.2, -0.15) is 0 Å². The fourth-order valence-corrected chi connectivity index (χ4v) is 3.33. The van der Waals surface area contributed by atoms with Crippen LogP contribution in [0.2, 0.25) is 0 Å². The van der Waals surface area contributed by atoms with Crippen molar-refractivity contribution in [2.75, 3.05) is 11.9 Å². The van der Waals surface area contributed by atoms with Crippen molar-refractivity contribution in [3.05, 3.63) is 24.3 Å². The van der Waals surface area contributed by atoms with Crippen molar-refractivity contribution in [3.8, 4) is 0 Å². The van der Waals surface area contributed by atoms with Crippen LogP contribution in [0.3, 0.4) is 0 Å². The number of rotatable bonds is 4. The van der Waals surface area contributed by atoms with Crippen LogP contribution in [-0.4, -0.2) is 32.7 Å². The van der Waals surface area contributed by atoms with Crippen LogP contribution in [0.25, 0.3) is 0 Å². The molecule has 1 atom stereocenters. The maximum Gasteiger partial charge on any atom is 0.262 e. The van der Waals surface area contributed by atoms with Crippen molar-refractivity contribution >= 4 is 27.5 Å². The van der Waals surface area contributed by atoms with Crippen molar-refractivity contribution in [3.63, 3.8) is 0 Å². The van der Waals surface area contributed by atoms with Crippen molar-refractivity contribution in [2.24, 2.45) is 16.1 Å². The first-order valence-corrected chi connectivity index (χ1v) is 9.30. The van der Waals surface area contributed by atoms with Crippen LogP contribution in [0.15, 0.2) is 34.2 Å². The van der Waals surface area contributed by atoms with E-state index in [1.165, 1.54) is 12.1 Å². The second-order valence-corrected chi connectivity index (χ2v) is 8.58. The Morgan fingerprint density at radius 2 is 2.04 bits per heavy atom. The summed E-state index contributed by atoms with van der Waals surface area (Å²) in [7, 11) is -3.71. The van der Waals surface area contributed by atoms with Crippen LogP contribution in [0.4, 0.5) is 5.69 Å². The van der Waals surface area contributed by atoms with E-state index in [2.05, 4.69) is 15.0 Å². The van der Waals surface area contributed by atoms with E-state index in [0.717, 1.165) is 6.42 Å². The zero-order chi connectivity index (χ0) is 18.0. The van der Waals surface area contributed by atoms with Gasteiger partial charge in [0.15, 0.2) is 0 Å². The van der Waals surface area contributed by atoms with Gasteiger partial charge in [0.2, 0.25) is 5.91 Å². The van der Waals surface area contributed by atoms with E-state index >= 15 is 0 Å². The van der Waals surface area contributed by atoms with E-state index < -0.39 is 21.5 Å². The molecule has 1 aromatic rings. The van der Waals surface area contributed by atoms with Crippen molar-refractivity contribution in [1.82, 2.24) is 4.72 Å². The highest BCUT2D eigenvalue weighted by atomic mass is 32.2. The van der Waals surface area contributed by atoms with Gasteiger partial charge in [-0.1, -0.05) is 26.8 Å². The van der Waals surface area contributed by atoms with Gasteiger partial charge in [0.1, 0.15) is 5.84 Å². The van der Waals surface area contributed by atoms with Crippen LogP contribution < -0.4 is 15.8 Å². The monoisotopic (exact) mass is 352 g/mol. The van der Waals surface area contributed by atoms with Gasteiger partial charge >= 0.3 is 0 Å². The topological polar surface area (TPSA) is 114 Å². The molecular formula is C16H24N4O3S. The fourth-order valence-electron chi connectivity index (χ4n) is 2.19. The molecule has 0 aliphatic carbocycles. The summed E-state index contributed by atoms with van der Waals surface area (Å²) < 4.78 is 27.3. The molecule has 0 unspecified atom stereocenters. The SMILES string of the molecule is CC(C)(C)[C@H](N)C(=O)Nc1cccc(S(=O)(=O)NC2=NCCC2)c1. The number of aliphatic imine (C=N–C) groups is 1. The lowest BCUT2D eigenvalue weighted by Gasteiger charge is -2.25. The first-order chi connectivity index (χ1) is 11.1. The first kappa shape index (κ1) is 18.4. The molecule has 1 aliphatic rings. The summed E-state index contributed by atoms with van der Waals surface area (Å²) in [6.07, 6.45) is 1.47. The molecule has 1 amide bonds. The summed E-state index contributed by atoms with van der Waals surface area (Å²) in [6.45, 7) is 6.23. The molecule has 132 valence electrons. The molecule has 0 fully saturated rings. The minimum atomic E-state index is -3.71. The van der Waals surface area contributed by atoms with E-state index in [-0.39, 0.29) is 10.8 Å². The van der Waals surface area contributed by atoms with Crippen LogP contribution in [0.1, 0.15) is 33.6 Å². The summed E-state index contributed by atoms with van der Waals surface area (Å²) >= 11 is 0. The Labute approximate surface area is 142 Å². The zero-order valence-electron chi connectivity index (χ0n) is 14.2. The lowest BCUT2D eigenvalue weighted by molar-refractivity contribution is -0.119. The number of nitrogens with one attached hydrogen (secondary N) is 2. The van der Waals surface area contributed by atoms with Gasteiger partial charge in [0.25, 0.3) is 10.0 Å². The van der Waals surface area contributed by atoms with Crippen molar-refractivity contribution < 1.29 is 13.2 Å². The zero-order valence-corrected chi connectivity index (χ0v) is 15.0. The summed E-state index contributed by atoms with van der Waals surface area (Å²) in [4.78, 5) is 16.4. The van der Waals surface area contributed by atoms with Gasteiger partial charge in [-0.3, -0.25) is 14.5 Å². The molecule has 0 bridgehead atoms. The number of amidine groups is 1. The van der Waals surface area contributed by atoms with Crippen LogP contribution in [0.5, 0.6) is 0 Å². The number of amides is 1. The second kappa shape index (κ2) is 6.90. The summed E-state index contributed by atoms with van der Waals surface area (Å²) in [6, 6.07) is 5.37. The smallest absolute Gasteiger partial charge is 0.262 e. The van der Waals surface area contributed by atoms with Crippen LogP contribution in [-0.2, 0) is 14.8 Å². The van der Waals surface area contributed by atoms with E-state index in [1.54, 1.807) is 12.1 Å². The number of carbonyl (C=O) groups is 1. The van der Waals surface area contributed by atoms with Gasteiger partial charge in [-0.15, -0.1) is 0 Å². The fraction of sp³-hybridized carbons (Fsp3) is 0.500. The molecule has 24 heavy (non-hydrogen) atoms. The Morgan fingerprint density at radius 3 is 2.62 bits per heavy atom. The lowest BCUT2D eigenvalue weighted by Crippen LogP contribution is -2.45. The Morgan fingerprint density at radius 1 is 1.33 bits per heavy atom. The number of anilines is 1. The third-order valence-corrected chi connectivity index (χ3v) is 5.13. The molecule has 1 heterocycles. The predicted octanol–water partition coefficient (Wildman–Crippen LogP) is 1.47. The summed E-state index contributed by atoms with van der Waals surface area (Å²) in [5, 5.41) is 2.67. The molecule has 0 saturated carbocycles. The molecule has 0 radical (unpaired) electrons. The van der Waals surface area contributed by atoms with Gasteiger partial charge in [0.05, 0.1) is 10.9 Å². The molecule has 4 N–H and O–H groups in total. The largest absolute Gasteiger partial charge is 0.325 e. The van der Waals surface area contributed by atoms with Gasteiger partial charge in [-0.25, -0.2) is 8.42 Å². The Bertz CT molecular complexity index is 751. The molecular weight excluding hydrogens is 328 g/mol. The van der Waals surface area contributed by atoms with Crippen molar-refractivity contribution in [2.45, 2.75) is 44.6 Å². The summed E-state index contributed by atoms with van der Waals surface area (Å²) in [5.74, 6) is 0.115. The molecule has 1 aliphatic heterocycles. The highest BCUT2D eigenvalue weighted by molar-refractivity contribution is 7.90. The molecule has 8 heteroatoms. The van der Waals surface area contributed by atoms with Gasteiger partial charge < -0.3 is 11.1 Å². The predicted molar refractivity (Wildman–Crippen MR) is 94.4 cm³/mol. The number of sulfonamides is 1. The Kier molecular flexibility index (Phi) is 5.29. The Hall–Kier alpha value is -1.93. The molecule has 0 spiro atoms. The summed E-state index contributed by atoms with van der Waals surface area (Å²) in [5.41, 5.74) is 5.91. The molecule has 2 rings (SSSR count). The normalized spacial score (nSPS) is 16.4.